The van der Waals surface area contributed by atoms with E-state index in [0.29, 0.717) is 32.2 Å². The zero-order chi connectivity index (χ0) is 21.8. The third-order valence-electron chi connectivity index (χ3n) is 5.30. The summed E-state index contributed by atoms with van der Waals surface area (Å²) in [6.45, 7) is 6.37. The highest BCUT2D eigenvalue weighted by Gasteiger charge is 2.30. The van der Waals surface area contributed by atoms with Gasteiger partial charge in [-0.25, -0.2) is 4.79 Å². The standard InChI is InChI=1S/C22H27N5O4/c1-3-25-13-18(27-12-11-26(14-20(27)28)22(29)30-4-2)17-8-9-19(24-21(17)25)31-15-16-7-5-6-10-23-16/h5-10,13,20,28H,3-4,11-12,14-15H2,1-2H3. The highest BCUT2D eigenvalue weighted by atomic mass is 16.6. The minimum Gasteiger partial charge on any atom is -0.471 e. The number of piperazine rings is 1. The van der Waals surface area contributed by atoms with Crippen molar-refractivity contribution in [3.8, 4) is 5.88 Å². The van der Waals surface area contributed by atoms with Crippen LogP contribution in [0, 0.1) is 0 Å². The summed E-state index contributed by atoms with van der Waals surface area (Å²) in [7, 11) is 0. The van der Waals surface area contributed by atoms with Crippen LogP contribution in [0.5, 0.6) is 5.88 Å². The third-order valence-corrected chi connectivity index (χ3v) is 5.30. The number of anilines is 1. The molecule has 0 bridgehead atoms. The fraction of sp³-hybridized carbons (Fsp3) is 0.409. The van der Waals surface area contributed by atoms with Crippen molar-refractivity contribution in [3.63, 3.8) is 0 Å². The smallest absolute Gasteiger partial charge is 0.409 e. The first-order chi connectivity index (χ1) is 15.1. The van der Waals surface area contributed by atoms with Crippen molar-refractivity contribution in [2.45, 2.75) is 33.2 Å². The molecular formula is C22H27N5O4. The molecule has 3 aromatic heterocycles. The maximum Gasteiger partial charge on any atom is 0.409 e. The van der Waals surface area contributed by atoms with Gasteiger partial charge in [0.25, 0.3) is 0 Å². The van der Waals surface area contributed by atoms with E-state index in [1.807, 2.05) is 52.9 Å². The van der Waals surface area contributed by atoms with Crippen molar-refractivity contribution in [1.29, 1.82) is 0 Å². The van der Waals surface area contributed by atoms with E-state index in [0.717, 1.165) is 29.0 Å². The first-order valence-electron chi connectivity index (χ1n) is 10.5. The topological polar surface area (TPSA) is 93.0 Å². The van der Waals surface area contributed by atoms with E-state index < -0.39 is 12.3 Å². The number of aliphatic hydroxyl groups excluding tert-OH is 1. The Morgan fingerprint density at radius 1 is 1.23 bits per heavy atom. The molecule has 0 spiro atoms. The molecule has 9 nitrogen and oxygen atoms in total. The van der Waals surface area contributed by atoms with Crippen molar-refractivity contribution in [3.05, 3.63) is 48.4 Å². The highest BCUT2D eigenvalue weighted by molar-refractivity contribution is 5.91. The van der Waals surface area contributed by atoms with Gasteiger partial charge in [-0.05, 0) is 32.0 Å². The van der Waals surface area contributed by atoms with Crippen LogP contribution in [-0.2, 0) is 17.9 Å². The van der Waals surface area contributed by atoms with E-state index in [9.17, 15) is 9.90 Å². The average Bonchev–Trinajstić information content (AvgIpc) is 3.16. The minimum atomic E-state index is -0.825. The van der Waals surface area contributed by atoms with Crippen molar-refractivity contribution in [2.75, 3.05) is 31.1 Å². The molecule has 4 heterocycles. The van der Waals surface area contributed by atoms with Gasteiger partial charge in [-0.15, -0.1) is 0 Å². The number of hydrogen-bond donors (Lipinski definition) is 1. The Labute approximate surface area is 180 Å². The molecule has 9 heteroatoms. The second kappa shape index (κ2) is 9.22. The molecule has 3 aromatic rings. The summed E-state index contributed by atoms with van der Waals surface area (Å²) in [5.74, 6) is 0.519. The Hall–Kier alpha value is -3.33. The van der Waals surface area contributed by atoms with Gasteiger partial charge in [-0.2, -0.15) is 4.98 Å². The molecule has 1 N–H and O–H groups in total. The minimum absolute atomic E-state index is 0.191. The van der Waals surface area contributed by atoms with Crippen LogP contribution in [0.4, 0.5) is 10.5 Å². The van der Waals surface area contributed by atoms with E-state index >= 15 is 0 Å². The average molecular weight is 425 g/mol. The predicted molar refractivity (Wildman–Crippen MR) is 116 cm³/mol. The lowest BCUT2D eigenvalue weighted by atomic mass is 10.2. The van der Waals surface area contributed by atoms with Gasteiger partial charge >= 0.3 is 6.09 Å². The van der Waals surface area contributed by atoms with Crippen LogP contribution in [0.25, 0.3) is 11.0 Å². The molecule has 1 aliphatic heterocycles. The first kappa shape index (κ1) is 20.9. The highest BCUT2D eigenvalue weighted by Crippen LogP contribution is 2.32. The zero-order valence-corrected chi connectivity index (χ0v) is 17.8. The van der Waals surface area contributed by atoms with Gasteiger partial charge in [-0.1, -0.05) is 6.07 Å². The maximum absolute atomic E-state index is 12.0. The fourth-order valence-corrected chi connectivity index (χ4v) is 3.74. The molecular weight excluding hydrogens is 398 g/mol. The number of pyridine rings is 2. The van der Waals surface area contributed by atoms with Crippen LogP contribution in [0.2, 0.25) is 0 Å². The number of rotatable bonds is 6. The Kier molecular flexibility index (Phi) is 6.22. The van der Waals surface area contributed by atoms with Crippen molar-refractivity contribution < 1.29 is 19.4 Å². The van der Waals surface area contributed by atoms with Gasteiger partial charge < -0.3 is 28.9 Å². The number of ether oxygens (including phenoxy) is 2. The molecule has 1 unspecified atom stereocenters. The zero-order valence-electron chi connectivity index (χ0n) is 17.8. The number of hydrogen-bond acceptors (Lipinski definition) is 7. The number of β-amino-alcohol motifs (C(OH)–C–C–N with tert-alkyl or cyclic N) is 1. The van der Waals surface area contributed by atoms with E-state index in [4.69, 9.17) is 9.47 Å². The summed E-state index contributed by atoms with van der Waals surface area (Å²) in [5.41, 5.74) is 2.51. The summed E-state index contributed by atoms with van der Waals surface area (Å²) in [6, 6.07) is 9.48. The Morgan fingerprint density at radius 3 is 2.81 bits per heavy atom. The van der Waals surface area contributed by atoms with Crippen LogP contribution >= 0.6 is 0 Å². The summed E-state index contributed by atoms with van der Waals surface area (Å²) in [4.78, 5) is 24.4. The number of aryl methyl sites for hydroxylation is 1. The molecule has 0 aromatic carbocycles. The molecule has 164 valence electrons. The SMILES string of the molecule is CCOC(=O)N1CCN(c2cn(CC)c3nc(OCc4ccccn4)ccc23)C(O)C1. The Bertz CT molecular complexity index is 1040. The van der Waals surface area contributed by atoms with Crippen LogP contribution in [-0.4, -0.2) is 63.1 Å². The summed E-state index contributed by atoms with van der Waals surface area (Å²) >= 11 is 0. The monoisotopic (exact) mass is 425 g/mol. The lowest BCUT2D eigenvalue weighted by molar-refractivity contribution is 0.0585. The molecule has 1 saturated heterocycles. The Balaban J connectivity index is 1.54. The summed E-state index contributed by atoms with van der Waals surface area (Å²) in [6.07, 6.45) is 2.50. The second-order valence-corrected chi connectivity index (χ2v) is 7.25. The molecule has 0 aliphatic carbocycles. The van der Waals surface area contributed by atoms with Crippen LogP contribution in [0.1, 0.15) is 19.5 Å². The van der Waals surface area contributed by atoms with Crippen molar-refractivity contribution >= 4 is 22.8 Å². The van der Waals surface area contributed by atoms with Crippen LogP contribution in [0.3, 0.4) is 0 Å². The largest absolute Gasteiger partial charge is 0.471 e. The second-order valence-electron chi connectivity index (χ2n) is 7.25. The fourth-order valence-electron chi connectivity index (χ4n) is 3.74. The molecule has 1 fully saturated rings. The number of fused-ring (bicyclic) bond motifs is 1. The predicted octanol–water partition coefficient (Wildman–Crippen LogP) is 2.63. The number of aromatic nitrogens is 3. The maximum atomic E-state index is 12.0. The van der Waals surface area contributed by atoms with Gasteiger partial charge in [0.15, 0.2) is 0 Å². The van der Waals surface area contributed by atoms with Crippen molar-refractivity contribution in [1.82, 2.24) is 19.4 Å². The number of amides is 1. The van der Waals surface area contributed by atoms with Crippen molar-refractivity contribution in [2.24, 2.45) is 0 Å². The van der Waals surface area contributed by atoms with E-state index in [2.05, 4.69) is 9.97 Å². The van der Waals surface area contributed by atoms with E-state index in [-0.39, 0.29) is 6.54 Å². The number of carbonyl (C=O) groups excluding carboxylic acids is 1. The van der Waals surface area contributed by atoms with E-state index in [1.165, 1.54) is 4.90 Å². The summed E-state index contributed by atoms with van der Waals surface area (Å²) in [5, 5.41) is 11.7. The third kappa shape index (κ3) is 4.41. The van der Waals surface area contributed by atoms with Gasteiger partial charge in [0.05, 0.1) is 24.5 Å². The van der Waals surface area contributed by atoms with Crippen LogP contribution in [0.15, 0.2) is 42.7 Å². The molecule has 4 rings (SSSR count). The van der Waals surface area contributed by atoms with Crippen LogP contribution < -0.4 is 9.64 Å². The molecule has 1 amide bonds. The van der Waals surface area contributed by atoms with Gasteiger partial charge in [0, 0.05) is 43.5 Å². The van der Waals surface area contributed by atoms with Gasteiger partial charge in [-0.3, -0.25) is 4.98 Å². The Morgan fingerprint density at radius 2 is 2.10 bits per heavy atom. The summed E-state index contributed by atoms with van der Waals surface area (Å²) < 4.78 is 12.9. The number of aliphatic hydroxyl groups is 1. The number of nitrogens with zero attached hydrogens (tertiary/aromatic N) is 5. The number of carbonyl (C=O) groups is 1. The van der Waals surface area contributed by atoms with Gasteiger partial charge in [0.2, 0.25) is 5.88 Å². The molecule has 1 aliphatic rings. The quantitative estimate of drug-likeness (QED) is 0.649. The van der Waals surface area contributed by atoms with E-state index in [1.54, 1.807) is 13.1 Å². The lowest BCUT2D eigenvalue weighted by Crippen LogP contribution is -2.55. The molecule has 0 saturated carbocycles. The molecule has 31 heavy (non-hydrogen) atoms. The molecule has 1 atom stereocenters. The molecule has 0 radical (unpaired) electrons. The lowest BCUT2D eigenvalue weighted by Gasteiger charge is -2.39. The first-order valence-corrected chi connectivity index (χ1v) is 10.5. The normalized spacial score (nSPS) is 16.5. The van der Waals surface area contributed by atoms with Gasteiger partial charge in [0.1, 0.15) is 18.5 Å².